The summed E-state index contributed by atoms with van der Waals surface area (Å²) in [5.41, 5.74) is 1.37. The highest BCUT2D eigenvalue weighted by Gasteiger charge is 2.83. The van der Waals surface area contributed by atoms with Crippen molar-refractivity contribution in [3.05, 3.63) is 0 Å². The van der Waals surface area contributed by atoms with E-state index in [9.17, 15) is 5.11 Å². The number of methoxy groups -OCH3 is 1. The maximum absolute atomic E-state index is 11.0. The quantitative estimate of drug-likeness (QED) is 0.412. The summed E-state index contributed by atoms with van der Waals surface area (Å²) in [5.74, 6) is 2.09. The van der Waals surface area contributed by atoms with Crippen LogP contribution in [0.1, 0.15) is 119 Å². The number of epoxide rings is 1. The van der Waals surface area contributed by atoms with Crippen LogP contribution in [0.4, 0.5) is 0 Å². The fraction of sp³-hybridized carbons (Fsp3) is 1.00. The molecule has 0 aromatic carbocycles. The van der Waals surface area contributed by atoms with Gasteiger partial charge in [0, 0.05) is 12.5 Å². The zero-order valence-electron chi connectivity index (χ0n) is 23.4. The number of hydrogen-bond acceptors (Lipinski definition) is 3. The zero-order chi connectivity index (χ0) is 24.6. The molecule has 0 aromatic heterocycles. The van der Waals surface area contributed by atoms with Crippen LogP contribution in [0.15, 0.2) is 0 Å². The lowest BCUT2D eigenvalue weighted by Crippen LogP contribution is -2.60. The molecule has 6 aliphatic rings. The van der Waals surface area contributed by atoms with Gasteiger partial charge in [-0.1, -0.05) is 48.5 Å². The molecule has 1 saturated heterocycles. The summed E-state index contributed by atoms with van der Waals surface area (Å²) in [4.78, 5) is 0. The molecular formula is C31H52O3. The molecule has 10 atom stereocenters. The van der Waals surface area contributed by atoms with Crippen molar-refractivity contribution in [2.45, 2.75) is 143 Å². The first-order chi connectivity index (χ1) is 15.7. The summed E-state index contributed by atoms with van der Waals surface area (Å²) in [6.45, 7) is 17.6. The Bertz CT molecular complexity index is 865. The molecular weight excluding hydrogens is 420 g/mol. The van der Waals surface area contributed by atoms with Crippen LogP contribution in [-0.4, -0.2) is 35.6 Å². The van der Waals surface area contributed by atoms with Gasteiger partial charge in [-0.05, 0) is 110 Å². The molecule has 0 radical (unpaired) electrons. The highest BCUT2D eigenvalue weighted by molar-refractivity contribution is 5.31. The molecule has 0 amide bonds. The topological polar surface area (TPSA) is 42.0 Å². The molecule has 3 nitrogen and oxygen atoms in total. The van der Waals surface area contributed by atoms with Gasteiger partial charge in [0.15, 0.2) is 0 Å². The van der Waals surface area contributed by atoms with Crippen molar-refractivity contribution < 1.29 is 14.6 Å². The average molecular weight is 473 g/mol. The summed E-state index contributed by atoms with van der Waals surface area (Å²) in [5, 5.41) is 11.0. The summed E-state index contributed by atoms with van der Waals surface area (Å²) in [6.07, 6.45) is 13.8. The van der Waals surface area contributed by atoms with Crippen molar-refractivity contribution in [1.29, 1.82) is 0 Å². The minimum Gasteiger partial charge on any atom is -0.393 e. The number of aliphatic hydroxyl groups excluding tert-OH is 1. The number of hydrogen-bond donors (Lipinski definition) is 1. The fourth-order valence-corrected chi connectivity index (χ4v) is 12.6. The zero-order valence-corrected chi connectivity index (χ0v) is 23.4. The third kappa shape index (κ3) is 2.61. The van der Waals surface area contributed by atoms with E-state index in [4.69, 9.17) is 9.47 Å². The lowest BCUT2D eigenvalue weighted by Gasteiger charge is -2.64. The first-order valence-corrected chi connectivity index (χ1v) is 14.6. The van der Waals surface area contributed by atoms with Gasteiger partial charge in [0.05, 0.1) is 17.8 Å². The second-order valence-corrected chi connectivity index (χ2v) is 15.9. The highest BCUT2D eigenvalue weighted by atomic mass is 16.6. The van der Waals surface area contributed by atoms with Crippen LogP contribution < -0.4 is 0 Å². The molecule has 5 aliphatic carbocycles. The smallest absolute Gasteiger partial charge is 0.104 e. The maximum atomic E-state index is 11.0. The van der Waals surface area contributed by atoms with Crippen LogP contribution >= 0.6 is 0 Å². The Morgan fingerprint density at radius 3 is 2.09 bits per heavy atom. The summed E-state index contributed by atoms with van der Waals surface area (Å²) >= 11 is 0. The van der Waals surface area contributed by atoms with Crippen LogP contribution in [0.2, 0.25) is 0 Å². The molecule has 3 heteroatoms. The Kier molecular flexibility index (Phi) is 4.88. The number of aliphatic hydroxyl groups is 1. The van der Waals surface area contributed by atoms with Crippen molar-refractivity contribution in [2.75, 3.05) is 7.11 Å². The predicted molar refractivity (Wildman–Crippen MR) is 136 cm³/mol. The van der Waals surface area contributed by atoms with Crippen LogP contribution in [0.5, 0.6) is 0 Å². The van der Waals surface area contributed by atoms with Crippen molar-refractivity contribution in [3.63, 3.8) is 0 Å². The third-order valence-corrected chi connectivity index (χ3v) is 14.2. The summed E-state index contributed by atoms with van der Waals surface area (Å²) in [7, 11) is 1.93. The Hall–Kier alpha value is -0.120. The first-order valence-electron chi connectivity index (χ1n) is 14.6. The second-order valence-electron chi connectivity index (χ2n) is 15.9. The number of fused-ring (bicyclic) bond motifs is 4. The Labute approximate surface area is 209 Å². The van der Waals surface area contributed by atoms with E-state index in [-0.39, 0.29) is 33.6 Å². The molecule has 194 valence electrons. The minimum atomic E-state index is -0.169. The largest absolute Gasteiger partial charge is 0.393 e. The molecule has 0 spiro atoms. The van der Waals surface area contributed by atoms with Crippen LogP contribution in [0.25, 0.3) is 0 Å². The molecule has 1 aliphatic heterocycles. The lowest BCUT2D eigenvalue weighted by molar-refractivity contribution is -0.182. The minimum absolute atomic E-state index is 0.0114. The Balaban J connectivity index is 1.37. The molecule has 0 unspecified atom stereocenters. The monoisotopic (exact) mass is 472 g/mol. The van der Waals surface area contributed by atoms with Gasteiger partial charge in [-0.2, -0.15) is 0 Å². The van der Waals surface area contributed by atoms with Crippen LogP contribution in [0, 0.1) is 44.8 Å². The average Bonchev–Trinajstić information content (AvgIpc) is 3.40. The number of rotatable bonds is 1. The Morgan fingerprint density at radius 1 is 0.706 bits per heavy atom. The van der Waals surface area contributed by atoms with Gasteiger partial charge < -0.3 is 14.6 Å². The molecule has 5 saturated carbocycles. The lowest BCUT2D eigenvalue weighted by atomic mass is 9.41. The summed E-state index contributed by atoms with van der Waals surface area (Å²) in [6, 6.07) is 0. The van der Waals surface area contributed by atoms with E-state index in [2.05, 4.69) is 48.5 Å². The first kappa shape index (κ1) is 24.2. The molecule has 1 N–H and O–H groups in total. The van der Waals surface area contributed by atoms with Crippen molar-refractivity contribution in [1.82, 2.24) is 0 Å². The summed E-state index contributed by atoms with van der Waals surface area (Å²) < 4.78 is 13.2. The van der Waals surface area contributed by atoms with Crippen molar-refractivity contribution in [2.24, 2.45) is 44.8 Å². The Morgan fingerprint density at radius 2 is 1.38 bits per heavy atom. The van der Waals surface area contributed by atoms with Gasteiger partial charge in [0.25, 0.3) is 0 Å². The fourth-order valence-electron chi connectivity index (χ4n) is 12.6. The van der Waals surface area contributed by atoms with Gasteiger partial charge in [0.2, 0.25) is 0 Å². The standard InChI is InChI=1S/C31H52O3/c1-25(2)21-10-17-30-19-27(5)14-9-20-26(3,4)24(33-8)13-15-28(20,6)22(27)11-18-31(30,34-30)29(21,7)16-12-23(25)32/h20-24,32H,9-19H2,1-8H3/t20-,21-,22-,23+,24-,27-,28-,29-,30+,31+/m0/s1. The van der Waals surface area contributed by atoms with Crippen molar-refractivity contribution in [3.8, 4) is 0 Å². The van der Waals surface area contributed by atoms with E-state index in [0.717, 1.165) is 24.7 Å². The van der Waals surface area contributed by atoms with Crippen LogP contribution in [-0.2, 0) is 9.47 Å². The molecule has 0 bridgehead atoms. The van der Waals surface area contributed by atoms with Gasteiger partial charge in [-0.15, -0.1) is 0 Å². The molecule has 0 aromatic rings. The molecule has 6 fully saturated rings. The van der Waals surface area contributed by atoms with E-state index >= 15 is 0 Å². The predicted octanol–water partition coefficient (Wildman–Crippen LogP) is 7.15. The highest BCUT2D eigenvalue weighted by Crippen LogP contribution is 2.80. The van der Waals surface area contributed by atoms with Crippen molar-refractivity contribution >= 4 is 0 Å². The normalized spacial score (nSPS) is 59.4. The number of ether oxygens (including phenoxy) is 2. The van der Waals surface area contributed by atoms with E-state index in [1.54, 1.807) is 0 Å². The van der Waals surface area contributed by atoms with E-state index < -0.39 is 0 Å². The van der Waals surface area contributed by atoms with Gasteiger partial charge in [0.1, 0.15) is 5.60 Å². The van der Waals surface area contributed by atoms with E-state index in [0.29, 0.717) is 22.9 Å². The van der Waals surface area contributed by atoms with Gasteiger partial charge in [-0.25, -0.2) is 0 Å². The van der Waals surface area contributed by atoms with E-state index in [1.165, 1.54) is 57.8 Å². The molecule has 34 heavy (non-hydrogen) atoms. The van der Waals surface area contributed by atoms with E-state index in [1.807, 2.05) is 7.11 Å². The van der Waals surface area contributed by atoms with Gasteiger partial charge >= 0.3 is 0 Å². The maximum Gasteiger partial charge on any atom is 0.104 e. The molecule has 1 heterocycles. The molecule has 6 rings (SSSR count). The SMILES string of the molecule is CO[C@H]1CC[C@@]2(C)[C@@H](CC[C@@]3(C)C[C@]45CC[C@H]6C(C)(C)[C@H](O)CC[C@]6(C)[C@@]4(CC[C@@H]32)O5)C1(C)C. The van der Waals surface area contributed by atoms with Gasteiger partial charge in [-0.3, -0.25) is 0 Å². The second kappa shape index (κ2) is 6.84. The van der Waals surface area contributed by atoms with Crippen LogP contribution in [0.3, 0.4) is 0 Å². The third-order valence-electron chi connectivity index (χ3n) is 14.2.